The molecule has 0 N–H and O–H groups in total. The molecule has 0 unspecified atom stereocenters. The Morgan fingerprint density at radius 1 is 1.38 bits per heavy atom. The van der Waals surface area contributed by atoms with Gasteiger partial charge in [-0.3, -0.25) is 4.79 Å². The first-order valence-corrected chi connectivity index (χ1v) is 6.76. The first-order valence-electron chi connectivity index (χ1n) is 6.22. The van der Waals surface area contributed by atoms with Crippen molar-refractivity contribution in [2.45, 2.75) is 45.1 Å². The van der Waals surface area contributed by atoms with Crippen LogP contribution < -0.4 is 0 Å². The fraction of sp³-hybridized carbons (Fsp3) is 0.917. The fourth-order valence-corrected chi connectivity index (χ4v) is 2.45. The summed E-state index contributed by atoms with van der Waals surface area (Å²) >= 11 is 5.76. The molecule has 3 nitrogen and oxygen atoms in total. The van der Waals surface area contributed by atoms with E-state index in [-0.39, 0.29) is 12.5 Å². The van der Waals surface area contributed by atoms with Crippen LogP contribution >= 0.6 is 11.6 Å². The molecule has 0 radical (unpaired) electrons. The fourth-order valence-electron chi connectivity index (χ4n) is 2.27. The van der Waals surface area contributed by atoms with Gasteiger partial charge >= 0.3 is 0 Å². The minimum absolute atomic E-state index is 0.0920. The number of alkyl halides is 1. The molecular weight excluding hydrogens is 226 g/mol. The highest BCUT2D eigenvalue weighted by Crippen LogP contribution is 2.22. The third-order valence-corrected chi connectivity index (χ3v) is 3.26. The van der Waals surface area contributed by atoms with Gasteiger partial charge in [0.25, 0.3) is 0 Å². The Bertz CT molecular complexity index is 205. The lowest BCUT2D eigenvalue weighted by Crippen LogP contribution is -2.44. The van der Waals surface area contributed by atoms with Crippen LogP contribution in [0.1, 0.15) is 39.0 Å². The van der Waals surface area contributed by atoms with Gasteiger partial charge in [0, 0.05) is 25.1 Å². The number of carbonyl (C=O) groups is 1. The minimum Gasteiger partial charge on any atom is -0.372 e. The smallest absolute Gasteiger partial charge is 0.248 e. The number of hydrogen-bond acceptors (Lipinski definition) is 2. The molecule has 0 atom stereocenters. The van der Waals surface area contributed by atoms with Crippen LogP contribution in [0.2, 0.25) is 0 Å². The summed E-state index contributed by atoms with van der Waals surface area (Å²) in [6.07, 6.45) is 5.99. The molecule has 94 valence electrons. The molecule has 1 saturated carbocycles. The first kappa shape index (κ1) is 13.8. The van der Waals surface area contributed by atoms with E-state index in [1.807, 2.05) is 11.8 Å². The molecule has 1 rings (SSSR count). The van der Waals surface area contributed by atoms with E-state index in [9.17, 15) is 4.79 Å². The van der Waals surface area contributed by atoms with Gasteiger partial charge in [-0.05, 0) is 19.8 Å². The Hall–Kier alpha value is -0.280. The largest absolute Gasteiger partial charge is 0.372 e. The lowest BCUT2D eigenvalue weighted by molar-refractivity contribution is -0.138. The van der Waals surface area contributed by atoms with Gasteiger partial charge in [-0.25, -0.2) is 0 Å². The summed E-state index contributed by atoms with van der Waals surface area (Å²) in [5.41, 5.74) is 0. The molecule has 0 aromatic rings. The summed E-state index contributed by atoms with van der Waals surface area (Å²) in [5, 5.41) is 0. The molecule has 0 saturated heterocycles. The molecule has 0 aromatic heterocycles. The van der Waals surface area contributed by atoms with E-state index < -0.39 is 0 Å². The highest BCUT2D eigenvalue weighted by atomic mass is 35.5. The lowest BCUT2D eigenvalue weighted by atomic mass is 9.94. The molecule has 4 heteroatoms. The molecule has 16 heavy (non-hydrogen) atoms. The predicted octanol–water partition coefficient (Wildman–Crippen LogP) is 2.42. The molecule has 0 aromatic carbocycles. The van der Waals surface area contributed by atoms with Crippen molar-refractivity contribution < 1.29 is 9.53 Å². The standard InChI is InChI=1S/C12H22ClNO2/c1-2-16-10-12(15)14(9-8-13)11-6-4-3-5-7-11/h11H,2-10H2,1H3. The molecular formula is C12H22ClNO2. The van der Waals surface area contributed by atoms with Crippen LogP contribution in [0.4, 0.5) is 0 Å². The maximum Gasteiger partial charge on any atom is 0.248 e. The zero-order chi connectivity index (χ0) is 11.8. The van der Waals surface area contributed by atoms with E-state index in [2.05, 4.69) is 0 Å². The maximum absolute atomic E-state index is 11.9. The number of amides is 1. The van der Waals surface area contributed by atoms with Gasteiger partial charge in [-0.1, -0.05) is 19.3 Å². The second-order valence-electron chi connectivity index (χ2n) is 4.21. The van der Waals surface area contributed by atoms with Crippen molar-refractivity contribution in [3.8, 4) is 0 Å². The van der Waals surface area contributed by atoms with E-state index in [1.165, 1.54) is 19.3 Å². The summed E-state index contributed by atoms with van der Waals surface area (Å²) in [5.74, 6) is 0.600. The van der Waals surface area contributed by atoms with Crippen molar-refractivity contribution in [1.29, 1.82) is 0 Å². The SMILES string of the molecule is CCOCC(=O)N(CCCl)C1CCCCC1. The van der Waals surface area contributed by atoms with Gasteiger partial charge in [-0.2, -0.15) is 0 Å². The zero-order valence-electron chi connectivity index (χ0n) is 10.1. The Kier molecular flexibility index (Phi) is 6.81. The summed E-state index contributed by atoms with van der Waals surface area (Å²) in [4.78, 5) is 13.9. The summed E-state index contributed by atoms with van der Waals surface area (Å²) in [6, 6.07) is 0.389. The van der Waals surface area contributed by atoms with Gasteiger partial charge in [0.15, 0.2) is 0 Å². The second-order valence-corrected chi connectivity index (χ2v) is 4.58. The Morgan fingerprint density at radius 3 is 2.62 bits per heavy atom. The zero-order valence-corrected chi connectivity index (χ0v) is 10.8. The van der Waals surface area contributed by atoms with E-state index >= 15 is 0 Å². The molecule has 1 fully saturated rings. The number of halogens is 1. The molecule has 0 bridgehead atoms. The van der Waals surface area contributed by atoms with Crippen LogP contribution in [0.25, 0.3) is 0 Å². The number of carbonyl (C=O) groups excluding carboxylic acids is 1. The summed E-state index contributed by atoms with van der Waals surface area (Å²) in [7, 11) is 0. The average Bonchev–Trinajstić information content (AvgIpc) is 2.34. The number of rotatable bonds is 6. The van der Waals surface area contributed by atoms with Gasteiger partial charge < -0.3 is 9.64 Å². The van der Waals surface area contributed by atoms with Crippen LogP contribution in [-0.2, 0) is 9.53 Å². The lowest BCUT2D eigenvalue weighted by Gasteiger charge is -2.34. The third-order valence-electron chi connectivity index (χ3n) is 3.09. The normalized spacial score (nSPS) is 17.4. The molecule has 0 heterocycles. The van der Waals surface area contributed by atoms with Crippen molar-refractivity contribution in [3.63, 3.8) is 0 Å². The van der Waals surface area contributed by atoms with Gasteiger partial charge in [0.05, 0.1) is 0 Å². The minimum atomic E-state index is 0.0920. The highest BCUT2D eigenvalue weighted by Gasteiger charge is 2.24. The van der Waals surface area contributed by atoms with Crippen LogP contribution in [0.5, 0.6) is 0 Å². The Labute approximate surface area is 103 Å². The van der Waals surface area contributed by atoms with E-state index in [0.29, 0.717) is 25.1 Å². The third kappa shape index (κ3) is 4.30. The van der Waals surface area contributed by atoms with E-state index in [0.717, 1.165) is 12.8 Å². The molecule has 0 spiro atoms. The summed E-state index contributed by atoms with van der Waals surface area (Å²) < 4.78 is 5.18. The van der Waals surface area contributed by atoms with Crippen molar-refractivity contribution in [2.75, 3.05) is 25.6 Å². The van der Waals surface area contributed by atoms with Gasteiger partial charge in [0.1, 0.15) is 6.61 Å². The topological polar surface area (TPSA) is 29.5 Å². The number of hydrogen-bond donors (Lipinski definition) is 0. The van der Waals surface area contributed by atoms with Gasteiger partial charge in [0.2, 0.25) is 5.91 Å². The van der Waals surface area contributed by atoms with E-state index in [4.69, 9.17) is 16.3 Å². The molecule has 1 aliphatic carbocycles. The maximum atomic E-state index is 11.9. The van der Waals surface area contributed by atoms with Crippen molar-refractivity contribution in [2.24, 2.45) is 0 Å². The molecule has 0 aliphatic heterocycles. The van der Waals surface area contributed by atoms with Crippen molar-refractivity contribution in [3.05, 3.63) is 0 Å². The summed E-state index contributed by atoms with van der Waals surface area (Å²) in [6.45, 7) is 3.34. The monoisotopic (exact) mass is 247 g/mol. The van der Waals surface area contributed by atoms with Crippen molar-refractivity contribution in [1.82, 2.24) is 4.90 Å². The van der Waals surface area contributed by atoms with Crippen LogP contribution in [0.3, 0.4) is 0 Å². The molecule has 1 aliphatic rings. The average molecular weight is 248 g/mol. The Balaban J connectivity index is 2.47. The molecule has 1 amide bonds. The van der Waals surface area contributed by atoms with Crippen LogP contribution in [-0.4, -0.2) is 42.5 Å². The van der Waals surface area contributed by atoms with Crippen molar-refractivity contribution >= 4 is 17.5 Å². The predicted molar refractivity (Wildman–Crippen MR) is 65.8 cm³/mol. The Morgan fingerprint density at radius 2 is 2.06 bits per heavy atom. The van der Waals surface area contributed by atoms with E-state index in [1.54, 1.807) is 0 Å². The quantitative estimate of drug-likeness (QED) is 0.675. The van der Waals surface area contributed by atoms with Crippen LogP contribution in [0, 0.1) is 0 Å². The second kappa shape index (κ2) is 7.91. The van der Waals surface area contributed by atoms with Crippen LogP contribution in [0.15, 0.2) is 0 Å². The first-order chi connectivity index (χ1) is 7.79. The number of ether oxygens (including phenoxy) is 1. The van der Waals surface area contributed by atoms with Gasteiger partial charge in [-0.15, -0.1) is 11.6 Å². The highest BCUT2D eigenvalue weighted by molar-refractivity contribution is 6.18. The number of nitrogens with zero attached hydrogens (tertiary/aromatic N) is 1.